The lowest BCUT2D eigenvalue weighted by Crippen LogP contribution is -2.39. The molecule has 1 unspecified atom stereocenters. The van der Waals surface area contributed by atoms with Gasteiger partial charge in [0.15, 0.2) is 0 Å². The van der Waals surface area contributed by atoms with E-state index in [1.165, 1.54) is 32.9 Å². The number of hydrogen-bond donors (Lipinski definition) is 1. The van der Waals surface area contributed by atoms with Crippen molar-refractivity contribution in [1.82, 2.24) is 10.2 Å². The fourth-order valence-electron chi connectivity index (χ4n) is 2.16. The molecule has 1 N–H and O–H groups in total. The van der Waals surface area contributed by atoms with Crippen molar-refractivity contribution >= 4 is 5.97 Å². The molecule has 0 radical (unpaired) electrons. The summed E-state index contributed by atoms with van der Waals surface area (Å²) in [5.74, 6) is -0.189. The van der Waals surface area contributed by atoms with Crippen LogP contribution in [0, 0.1) is 0 Å². The van der Waals surface area contributed by atoms with E-state index in [0.717, 1.165) is 25.6 Å². The molecule has 0 aromatic carbocycles. The highest BCUT2D eigenvalue weighted by Crippen LogP contribution is 2.15. The number of nitrogens with zero attached hydrogens (tertiary/aromatic N) is 1. The molecule has 0 aliphatic carbocycles. The van der Waals surface area contributed by atoms with Crippen LogP contribution in [0.15, 0.2) is 0 Å². The van der Waals surface area contributed by atoms with E-state index < -0.39 is 0 Å². The number of likely N-dealkylation sites (tertiary alicyclic amines) is 1. The summed E-state index contributed by atoms with van der Waals surface area (Å²) in [6.45, 7) is 5.89. The largest absolute Gasteiger partial charge is 0.468 e. The van der Waals surface area contributed by atoms with Gasteiger partial charge in [-0.25, -0.2) is 0 Å². The van der Waals surface area contributed by atoms with E-state index in [4.69, 9.17) is 0 Å². The number of methoxy groups -OCH3 is 1. The summed E-state index contributed by atoms with van der Waals surface area (Å²) in [5.41, 5.74) is 0. The topological polar surface area (TPSA) is 41.6 Å². The van der Waals surface area contributed by atoms with Gasteiger partial charge in [-0.2, -0.15) is 0 Å². The average Bonchev–Trinajstić information content (AvgIpc) is 2.30. The first kappa shape index (κ1) is 13.5. The van der Waals surface area contributed by atoms with Crippen LogP contribution in [0.4, 0.5) is 0 Å². The smallest absolute Gasteiger partial charge is 0.319 e. The minimum atomic E-state index is -0.189. The predicted molar refractivity (Wildman–Crippen MR) is 64.4 cm³/mol. The summed E-state index contributed by atoms with van der Waals surface area (Å²) in [5, 5.41) is 3.09. The number of nitrogens with one attached hydrogen (secondary N) is 1. The molecule has 1 saturated heterocycles. The second kappa shape index (κ2) is 7.63. The number of rotatable bonds is 6. The summed E-state index contributed by atoms with van der Waals surface area (Å²) < 4.78 is 4.55. The molecule has 1 fully saturated rings. The van der Waals surface area contributed by atoms with E-state index in [-0.39, 0.29) is 5.97 Å². The fraction of sp³-hybridized carbons (Fsp3) is 0.917. The molecule has 0 spiro atoms. The molecular weight excluding hydrogens is 204 g/mol. The van der Waals surface area contributed by atoms with Gasteiger partial charge in [-0.1, -0.05) is 6.42 Å². The monoisotopic (exact) mass is 228 g/mol. The van der Waals surface area contributed by atoms with Gasteiger partial charge in [0, 0.05) is 6.04 Å². The molecule has 1 heterocycles. The number of carbonyl (C=O) groups excluding carboxylic acids is 1. The van der Waals surface area contributed by atoms with Gasteiger partial charge in [0.25, 0.3) is 0 Å². The lowest BCUT2D eigenvalue weighted by Gasteiger charge is -2.33. The number of ether oxygens (including phenoxy) is 1. The summed E-state index contributed by atoms with van der Waals surface area (Å²) in [4.78, 5) is 13.4. The zero-order valence-corrected chi connectivity index (χ0v) is 10.5. The Kier molecular flexibility index (Phi) is 6.42. The van der Waals surface area contributed by atoms with Crippen LogP contribution >= 0.6 is 0 Å². The molecule has 94 valence electrons. The zero-order chi connectivity index (χ0) is 11.8. The highest BCUT2D eigenvalue weighted by molar-refractivity contribution is 5.71. The Labute approximate surface area is 98.3 Å². The van der Waals surface area contributed by atoms with Gasteiger partial charge in [0.05, 0.1) is 13.7 Å². The van der Waals surface area contributed by atoms with E-state index in [9.17, 15) is 4.79 Å². The standard InChI is InChI=1S/C12H24N2O2/c1-11-6-3-4-8-14(11)9-5-7-13-10-12(15)16-2/h11,13H,3-10H2,1-2H3. The van der Waals surface area contributed by atoms with Crippen molar-refractivity contribution in [3.63, 3.8) is 0 Å². The lowest BCUT2D eigenvalue weighted by molar-refractivity contribution is -0.139. The van der Waals surface area contributed by atoms with Crippen molar-refractivity contribution in [1.29, 1.82) is 0 Å². The Balaban J connectivity index is 1.99. The molecule has 0 aromatic heterocycles. The summed E-state index contributed by atoms with van der Waals surface area (Å²) in [6, 6.07) is 0.731. The molecule has 1 rings (SSSR count). The van der Waals surface area contributed by atoms with Crippen molar-refractivity contribution in [2.24, 2.45) is 0 Å². The van der Waals surface area contributed by atoms with Crippen molar-refractivity contribution in [2.45, 2.75) is 38.6 Å². The summed E-state index contributed by atoms with van der Waals surface area (Å²) >= 11 is 0. The van der Waals surface area contributed by atoms with Gasteiger partial charge in [0.1, 0.15) is 0 Å². The Morgan fingerprint density at radius 1 is 1.50 bits per heavy atom. The molecule has 4 heteroatoms. The molecule has 1 aliphatic rings. The second-order valence-corrected chi connectivity index (χ2v) is 4.49. The third-order valence-corrected chi connectivity index (χ3v) is 3.24. The summed E-state index contributed by atoms with van der Waals surface area (Å²) in [6.07, 6.45) is 5.13. The molecule has 4 nitrogen and oxygen atoms in total. The SMILES string of the molecule is COC(=O)CNCCCN1CCCCC1C. The van der Waals surface area contributed by atoms with E-state index in [2.05, 4.69) is 21.9 Å². The minimum absolute atomic E-state index is 0.189. The number of esters is 1. The fourth-order valence-corrected chi connectivity index (χ4v) is 2.16. The second-order valence-electron chi connectivity index (χ2n) is 4.49. The molecular formula is C12H24N2O2. The first-order valence-corrected chi connectivity index (χ1v) is 6.25. The highest BCUT2D eigenvalue weighted by Gasteiger charge is 2.16. The number of carbonyl (C=O) groups is 1. The number of piperidine rings is 1. The van der Waals surface area contributed by atoms with E-state index in [1.807, 2.05) is 0 Å². The van der Waals surface area contributed by atoms with Crippen LogP contribution < -0.4 is 5.32 Å². The minimum Gasteiger partial charge on any atom is -0.468 e. The molecule has 1 aliphatic heterocycles. The third kappa shape index (κ3) is 4.94. The Morgan fingerprint density at radius 3 is 3.00 bits per heavy atom. The van der Waals surface area contributed by atoms with Crippen LogP contribution in [0.5, 0.6) is 0 Å². The molecule has 0 saturated carbocycles. The Morgan fingerprint density at radius 2 is 2.31 bits per heavy atom. The van der Waals surface area contributed by atoms with Gasteiger partial charge >= 0.3 is 5.97 Å². The van der Waals surface area contributed by atoms with Crippen molar-refractivity contribution in [2.75, 3.05) is 33.3 Å². The van der Waals surface area contributed by atoms with Gasteiger partial charge in [-0.3, -0.25) is 4.79 Å². The average molecular weight is 228 g/mol. The first-order chi connectivity index (χ1) is 7.74. The third-order valence-electron chi connectivity index (χ3n) is 3.24. The van der Waals surface area contributed by atoms with Gasteiger partial charge < -0.3 is 15.0 Å². The maximum atomic E-state index is 10.8. The van der Waals surface area contributed by atoms with Crippen LogP contribution in [0.25, 0.3) is 0 Å². The maximum absolute atomic E-state index is 10.8. The molecule has 16 heavy (non-hydrogen) atoms. The van der Waals surface area contributed by atoms with Crippen LogP contribution in [0.3, 0.4) is 0 Å². The van der Waals surface area contributed by atoms with Crippen LogP contribution in [-0.4, -0.2) is 50.2 Å². The van der Waals surface area contributed by atoms with Gasteiger partial charge in [-0.15, -0.1) is 0 Å². The van der Waals surface area contributed by atoms with Crippen molar-refractivity contribution in [3.05, 3.63) is 0 Å². The van der Waals surface area contributed by atoms with Crippen LogP contribution in [0.1, 0.15) is 32.6 Å². The van der Waals surface area contributed by atoms with E-state index >= 15 is 0 Å². The number of hydrogen-bond acceptors (Lipinski definition) is 4. The first-order valence-electron chi connectivity index (χ1n) is 6.25. The van der Waals surface area contributed by atoms with Gasteiger partial charge in [0.2, 0.25) is 0 Å². The van der Waals surface area contributed by atoms with Crippen LogP contribution in [-0.2, 0) is 9.53 Å². The zero-order valence-electron chi connectivity index (χ0n) is 10.5. The normalized spacial score (nSPS) is 22.0. The quantitative estimate of drug-likeness (QED) is 0.544. The maximum Gasteiger partial charge on any atom is 0.319 e. The Hall–Kier alpha value is -0.610. The molecule has 0 amide bonds. The van der Waals surface area contributed by atoms with Crippen LogP contribution in [0.2, 0.25) is 0 Å². The summed E-state index contributed by atoms with van der Waals surface area (Å²) in [7, 11) is 1.42. The molecule has 1 atom stereocenters. The van der Waals surface area contributed by atoms with Crippen molar-refractivity contribution < 1.29 is 9.53 Å². The Bertz CT molecular complexity index is 209. The molecule has 0 bridgehead atoms. The lowest BCUT2D eigenvalue weighted by atomic mass is 10.0. The van der Waals surface area contributed by atoms with Gasteiger partial charge in [-0.05, 0) is 45.8 Å². The van der Waals surface area contributed by atoms with E-state index in [1.54, 1.807) is 0 Å². The predicted octanol–water partition coefficient (Wildman–Crippen LogP) is 1.01. The van der Waals surface area contributed by atoms with E-state index in [0.29, 0.717) is 6.54 Å². The molecule has 0 aromatic rings. The highest BCUT2D eigenvalue weighted by atomic mass is 16.5. The van der Waals surface area contributed by atoms with Crippen molar-refractivity contribution in [3.8, 4) is 0 Å².